The number of nitrogens with zero attached hydrogens (tertiary/aromatic N) is 4. The summed E-state index contributed by atoms with van der Waals surface area (Å²) in [5, 5.41) is 9.99. The fraction of sp³-hybridized carbons (Fsp3) is 0.111. The van der Waals surface area contributed by atoms with E-state index in [1.807, 2.05) is 42.6 Å². The number of rotatable bonds is 5. The minimum Gasteiger partial charge on any atom is -0.357 e. The topological polar surface area (TPSA) is 88.5 Å². The SMILES string of the molecule is Cc1nc(-c2c[nH]c(C(=O)NCc3ccc(-n4cncn4)cc3)c2)cs1. The zero-order valence-corrected chi connectivity index (χ0v) is 14.8. The first-order valence-electron chi connectivity index (χ1n) is 8.02. The summed E-state index contributed by atoms with van der Waals surface area (Å²) < 4.78 is 1.68. The Morgan fingerprint density at radius 3 is 2.85 bits per heavy atom. The number of carbonyl (C=O) groups is 1. The van der Waals surface area contributed by atoms with Crippen LogP contribution in [0, 0.1) is 6.92 Å². The van der Waals surface area contributed by atoms with Crippen molar-refractivity contribution in [2.24, 2.45) is 0 Å². The van der Waals surface area contributed by atoms with Crippen molar-refractivity contribution in [1.82, 2.24) is 30.0 Å². The Hall–Kier alpha value is -3.26. The molecule has 0 bridgehead atoms. The highest BCUT2D eigenvalue weighted by Crippen LogP contribution is 2.22. The maximum Gasteiger partial charge on any atom is 0.267 e. The lowest BCUT2D eigenvalue weighted by atomic mass is 10.2. The van der Waals surface area contributed by atoms with E-state index in [0.29, 0.717) is 12.2 Å². The molecule has 1 amide bonds. The number of nitrogens with one attached hydrogen (secondary N) is 2. The molecule has 4 aromatic rings. The zero-order chi connectivity index (χ0) is 17.9. The van der Waals surface area contributed by atoms with Crippen molar-refractivity contribution in [2.45, 2.75) is 13.5 Å². The Kier molecular flexibility index (Phi) is 4.32. The summed E-state index contributed by atoms with van der Waals surface area (Å²) in [7, 11) is 0. The fourth-order valence-corrected chi connectivity index (χ4v) is 3.18. The highest BCUT2D eigenvalue weighted by molar-refractivity contribution is 7.09. The molecule has 0 saturated carbocycles. The molecular weight excluding hydrogens is 348 g/mol. The molecule has 3 aromatic heterocycles. The Morgan fingerprint density at radius 1 is 1.31 bits per heavy atom. The van der Waals surface area contributed by atoms with E-state index in [4.69, 9.17) is 0 Å². The summed E-state index contributed by atoms with van der Waals surface area (Å²) in [6.07, 6.45) is 4.94. The quantitative estimate of drug-likeness (QED) is 0.570. The van der Waals surface area contributed by atoms with E-state index in [2.05, 4.69) is 25.4 Å². The number of aromatic amines is 1. The van der Waals surface area contributed by atoms with E-state index in [1.54, 1.807) is 28.5 Å². The molecule has 7 nitrogen and oxygen atoms in total. The molecule has 1 aromatic carbocycles. The van der Waals surface area contributed by atoms with Crippen molar-refractivity contribution in [1.29, 1.82) is 0 Å². The molecule has 8 heteroatoms. The normalized spacial score (nSPS) is 10.8. The first kappa shape index (κ1) is 16.2. The van der Waals surface area contributed by atoms with E-state index in [9.17, 15) is 4.79 Å². The van der Waals surface area contributed by atoms with Crippen molar-refractivity contribution >= 4 is 17.2 Å². The average Bonchev–Trinajstić information content (AvgIpc) is 3.41. The number of carbonyl (C=O) groups excluding carboxylic acids is 1. The summed E-state index contributed by atoms with van der Waals surface area (Å²) >= 11 is 1.59. The van der Waals surface area contributed by atoms with Gasteiger partial charge in [0.2, 0.25) is 0 Å². The Labute approximate surface area is 153 Å². The van der Waals surface area contributed by atoms with E-state index < -0.39 is 0 Å². The fourth-order valence-electron chi connectivity index (χ4n) is 2.55. The second kappa shape index (κ2) is 6.93. The van der Waals surface area contributed by atoms with Gasteiger partial charge in [0.15, 0.2) is 0 Å². The van der Waals surface area contributed by atoms with E-state index in [1.165, 1.54) is 6.33 Å². The van der Waals surface area contributed by atoms with Crippen molar-refractivity contribution in [3.05, 3.63) is 70.8 Å². The van der Waals surface area contributed by atoms with Crippen LogP contribution in [0.25, 0.3) is 16.9 Å². The summed E-state index contributed by atoms with van der Waals surface area (Å²) in [6, 6.07) is 9.60. The number of amides is 1. The average molecular weight is 364 g/mol. The summed E-state index contributed by atoms with van der Waals surface area (Å²) in [4.78, 5) is 23.7. The predicted molar refractivity (Wildman–Crippen MR) is 99.2 cm³/mol. The molecule has 0 spiro atoms. The van der Waals surface area contributed by atoms with Gasteiger partial charge in [-0.2, -0.15) is 5.10 Å². The van der Waals surface area contributed by atoms with E-state index in [0.717, 1.165) is 27.5 Å². The van der Waals surface area contributed by atoms with Gasteiger partial charge in [0.25, 0.3) is 5.91 Å². The first-order chi connectivity index (χ1) is 12.7. The van der Waals surface area contributed by atoms with Crippen molar-refractivity contribution in [2.75, 3.05) is 0 Å². The molecule has 0 aliphatic heterocycles. The van der Waals surface area contributed by atoms with Crippen LogP contribution in [0.4, 0.5) is 0 Å². The predicted octanol–water partition coefficient (Wildman–Crippen LogP) is 2.96. The highest BCUT2D eigenvalue weighted by Gasteiger charge is 2.11. The summed E-state index contributed by atoms with van der Waals surface area (Å²) in [6.45, 7) is 2.41. The van der Waals surface area contributed by atoms with Crippen molar-refractivity contribution in [3.63, 3.8) is 0 Å². The first-order valence-corrected chi connectivity index (χ1v) is 8.90. The molecule has 0 aliphatic rings. The van der Waals surface area contributed by atoms with E-state index in [-0.39, 0.29) is 5.91 Å². The molecule has 130 valence electrons. The minimum atomic E-state index is -0.149. The number of aryl methyl sites for hydroxylation is 1. The molecule has 0 radical (unpaired) electrons. The number of hydrogen-bond donors (Lipinski definition) is 2. The molecule has 0 unspecified atom stereocenters. The number of benzene rings is 1. The van der Waals surface area contributed by atoms with Gasteiger partial charge in [0.05, 0.1) is 16.4 Å². The van der Waals surface area contributed by atoms with Gasteiger partial charge in [0, 0.05) is 23.7 Å². The van der Waals surface area contributed by atoms with Crippen molar-refractivity contribution < 1.29 is 4.79 Å². The molecule has 0 fully saturated rings. The molecule has 0 atom stereocenters. The van der Waals surface area contributed by atoms with Crippen LogP contribution >= 0.6 is 11.3 Å². The van der Waals surface area contributed by atoms with Gasteiger partial charge < -0.3 is 10.3 Å². The minimum absolute atomic E-state index is 0.149. The highest BCUT2D eigenvalue weighted by atomic mass is 32.1. The molecule has 3 heterocycles. The lowest BCUT2D eigenvalue weighted by Gasteiger charge is -2.05. The van der Waals surface area contributed by atoms with Gasteiger partial charge in [-0.1, -0.05) is 12.1 Å². The van der Waals surface area contributed by atoms with E-state index >= 15 is 0 Å². The van der Waals surface area contributed by atoms with Crippen LogP contribution < -0.4 is 5.32 Å². The Bertz CT molecular complexity index is 1020. The number of aromatic nitrogens is 5. The lowest BCUT2D eigenvalue weighted by molar-refractivity contribution is 0.0946. The van der Waals surface area contributed by atoms with Crippen LogP contribution in [-0.2, 0) is 6.54 Å². The smallest absolute Gasteiger partial charge is 0.267 e. The lowest BCUT2D eigenvalue weighted by Crippen LogP contribution is -2.23. The van der Waals surface area contributed by atoms with Crippen LogP contribution in [0.2, 0.25) is 0 Å². The van der Waals surface area contributed by atoms with Gasteiger partial charge in [-0.3, -0.25) is 4.79 Å². The third kappa shape index (κ3) is 3.40. The van der Waals surface area contributed by atoms with Gasteiger partial charge in [-0.15, -0.1) is 11.3 Å². The van der Waals surface area contributed by atoms with Gasteiger partial charge in [-0.25, -0.2) is 14.6 Å². The van der Waals surface area contributed by atoms with Crippen molar-refractivity contribution in [3.8, 4) is 16.9 Å². The maximum atomic E-state index is 12.3. The second-order valence-corrected chi connectivity index (χ2v) is 6.81. The maximum absolute atomic E-state index is 12.3. The number of thiazole rings is 1. The van der Waals surface area contributed by atoms with Crippen LogP contribution in [0.3, 0.4) is 0 Å². The molecule has 0 saturated heterocycles. The largest absolute Gasteiger partial charge is 0.357 e. The molecule has 26 heavy (non-hydrogen) atoms. The number of hydrogen-bond acceptors (Lipinski definition) is 5. The molecule has 2 N–H and O–H groups in total. The number of H-pyrrole nitrogens is 1. The standard InChI is InChI=1S/C18H16N6OS/c1-12-23-17(9-26-12)14-6-16(20-8-14)18(25)21-7-13-2-4-15(5-3-13)24-11-19-10-22-24/h2-6,8-11,20H,7H2,1H3,(H,21,25). The van der Waals surface area contributed by atoms with Crippen LogP contribution in [-0.4, -0.2) is 30.6 Å². The van der Waals surface area contributed by atoms with Gasteiger partial charge >= 0.3 is 0 Å². The Morgan fingerprint density at radius 2 is 2.15 bits per heavy atom. The van der Waals surface area contributed by atoms with Crippen LogP contribution in [0.5, 0.6) is 0 Å². The third-order valence-corrected chi connectivity index (χ3v) is 4.69. The zero-order valence-electron chi connectivity index (χ0n) is 14.0. The van der Waals surface area contributed by atoms with Gasteiger partial charge in [0.1, 0.15) is 18.3 Å². The molecule has 0 aliphatic carbocycles. The summed E-state index contributed by atoms with van der Waals surface area (Å²) in [5.41, 5.74) is 4.24. The molecular formula is C18H16N6OS. The van der Waals surface area contributed by atoms with Gasteiger partial charge in [-0.05, 0) is 30.7 Å². The summed E-state index contributed by atoms with van der Waals surface area (Å²) in [5.74, 6) is -0.149. The van der Waals surface area contributed by atoms with Crippen LogP contribution in [0.15, 0.2) is 54.6 Å². The van der Waals surface area contributed by atoms with Crippen LogP contribution in [0.1, 0.15) is 21.1 Å². The molecule has 4 rings (SSSR count). The Balaban J connectivity index is 1.39. The second-order valence-electron chi connectivity index (χ2n) is 5.74. The monoisotopic (exact) mass is 364 g/mol. The third-order valence-electron chi connectivity index (χ3n) is 3.92.